The van der Waals surface area contributed by atoms with Crippen molar-refractivity contribution in [3.05, 3.63) is 65.7 Å². The Morgan fingerprint density at radius 3 is 2.46 bits per heavy atom. The average Bonchev–Trinajstić information content (AvgIpc) is 2.69. The molecule has 0 aromatic heterocycles. The topological polar surface area (TPSA) is 32.8 Å². The molecule has 2 aromatic rings. The Bertz CT molecular complexity index is 709. The van der Waals surface area contributed by atoms with Crippen molar-refractivity contribution in [1.82, 2.24) is 9.80 Å². The number of methoxy groups -OCH3 is 1. The number of carbonyl (C=O) groups is 1. The average molecular weight is 352 g/mol. The van der Waals surface area contributed by atoms with Gasteiger partial charge in [0.2, 0.25) is 5.91 Å². The van der Waals surface area contributed by atoms with Crippen LogP contribution in [-0.4, -0.2) is 43.0 Å². The number of nitrogens with zero attached hydrogens (tertiary/aromatic N) is 2. The molecule has 0 bridgehead atoms. The van der Waals surface area contributed by atoms with Crippen molar-refractivity contribution in [2.75, 3.05) is 27.2 Å². The molecule has 4 heteroatoms. The molecule has 1 aliphatic rings. The van der Waals surface area contributed by atoms with Gasteiger partial charge in [-0.25, -0.2) is 0 Å². The molecule has 0 aliphatic carbocycles. The predicted octanol–water partition coefficient (Wildman–Crippen LogP) is 3.57. The van der Waals surface area contributed by atoms with E-state index in [9.17, 15) is 4.79 Å². The maximum atomic E-state index is 12.7. The highest BCUT2D eigenvalue weighted by atomic mass is 16.5. The Hall–Kier alpha value is -2.33. The van der Waals surface area contributed by atoms with Gasteiger partial charge in [0.1, 0.15) is 5.75 Å². The minimum Gasteiger partial charge on any atom is -0.497 e. The minimum atomic E-state index is 0.144. The van der Waals surface area contributed by atoms with Crippen LogP contribution in [0.1, 0.15) is 24.0 Å². The van der Waals surface area contributed by atoms with Gasteiger partial charge in [-0.05, 0) is 49.2 Å². The number of likely N-dealkylation sites (tertiary alicyclic amines) is 1. The summed E-state index contributed by atoms with van der Waals surface area (Å²) < 4.78 is 5.30. The number of hydrogen-bond acceptors (Lipinski definition) is 3. The summed E-state index contributed by atoms with van der Waals surface area (Å²) in [6, 6.07) is 18.4. The second kappa shape index (κ2) is 8.86. The fraction of sp³-hybridized carbons (Fsp3) is 0.409. The lowest BCUT2D eigenvalue weighted by Gasteiger charge is -2.33. The van der Waals surface area contributed by atoms with Crippen molar-refractivity contribution in [3.8, 4) is 5.75 Å². The smallest absolute Gasteiger partial charge is 0.225 e. The highest BCUT2D eigenvalue weighted by Crippen LogP contribution is 2.22. The van der Waals surface area contributed by atoms with E-state index < -0.39 is 0 Å². The van der Waals surface area contributed by atoms with E-state index in [1.807, 2.05) is 42.3 Å². The van der Waals surface area contributed by atoms with Crippen LogP contribution >= 0.6 is 0 Å². The molecular weight excluding hydrogens is 324 g/mol. The van der Waals surface area contributed by atoms with Crippen LogP contribution in [0.2, 0.25) is 0 Å². The lowest BCUT2D eigenvalue weighted by Crippen LogP contribution is -2.40. The summed E-state index contributed by atoms with van der Waals surface area (Å²) in [4.78, 5) is 17.0. The first-order valence-electron chi connectivity index (χ1n) is 9.30. The van der Waals surface area contributed by atoms with Crippen LogP contribution in [0.15, 0.2) is 54.6 Å². The summed E-state index contributed by atoms with van der Waals surface area (Å²) in [6.07, 6.45) is 1.86. The number of ether oxygens (including phenoxy) is 1. The summed E-state index contributed by atoms with van der Waals surface area (Å²) in [5.74, 6) is 1.32. The third-order valence-corrected chi connectivity index (χ3v) is 5.12. The first-order valence-corrected chi connectivity index (χ1v) is 9.30. The largest absolute Gasteiger partial charge is 0.497 e. The second-order valence-electron chi connectivity index (χ2n) is 7.08. The van der Waals surface area contributed by atoms with Gasteiger partial charge in [0.05, 0.1) is 7.11 Å². The van der Waals surface area contributed by atoms with Crippen LogP contribution in [0.25, 0.3) is 0 Å². The molecule has 1 aliphatic heterocycles. The third kappa shape index (κ3) is 4.85. The van der Waals surface area contributed by atoms with E-state index in [1.165, 1.54) is 11.1 Å². The molecule has 1 heterocycles. The first kappa shape index (κ1) is 18.5. The molecular formula is C22H28N2O2. The number of amides is 1. The van der Waals surface area contributed by atoms with Crippen LogP contribution in [0, 0.1) is 5.92 Å². The highest BCUT2D eigenvalue weighted by molar-refractivity contribution is 5.78. The van der Waals surface area contributed by atoms with Crippen LogP contribution in [0.4, 0.5) is 0 Å². The Balaban J connectivity index is 1.48. The molecule has 0 N–H and O–H groups in total. The molecule has 0 radical (unpaired) electrons. The summed E-state index contributed by atoms with van der Waals surface area (Å²) >= 11 is 0. The van der Waals surface area contributed by atoms with Gasteiger partial charge in [-0.1, -0.05) is 42.5 Å². The molecule has 1 amide bonds. The molecule has 4 nitrogen and oxygen atoms in total. The van der Waals surface area contributed by atoms with Crippen LogP contribution < -0.4 is 4.74 Å². The molecule has 1 saturated heterocycles. The van der Waals surface area contributed by atoms with E-state index in [2.05, 4.69) is 29.2 Å². The summed E-state index contributed by atoms with van der Waals surface area (Å²) in [7, 11) is 3.61. The molecule has 138 valence electrons. The van der Waals surface area contributed by atoms with E-state index in [0.717, 1.165) is 38.2 Å². The van der Waals surface area contributed by atoms with Gasteiger partial charge in [-0.2, -0.15) is 0 Å². The van der Waals surface area contributed by atoms with Crippen molar-refractivity contribution >= 4 is 5.91 Å². The minimum absolute atomic E-state index is 0.144. The Morgan fingerprint density at radius 1 is 1.08 bits per heavy atom. The fourth-order valence-electron chi connectivity index (χ4n) is 3.61. The molecule has 0 atom stereocenters. The van der Waals surface area contributed by atoms with Crippen molar-refractivity contribution in [1.29, 1.82) is 0 Å². The zero-order valence-corrected chi connectivity index (χ0v) is 15.7. The number of piperidine rings is 1. The molecule has 0 spiro atoms. The molecule has 26 heavy (non-hydrogen) atoms. The predicted molar refractivity (Wildman–Crippen MR) is 104 cm³/mol. The summed E-state index contributed by atoms with van der Waals surface area (Å²) in [6.45, 7) is 3.53. The standard InChI is InChI=1S/C22H28N2O2/c1-23(16-18-7-4-3-5-8-18)22(25)20-11-13-24(14-12-20)17-19-9-6-10-21(15-19)26-2/h3-10,15,20H,11-14,16-17H2,1-2H3. The maximum Gasteiger partial charge on any atom is 0.225 e. The molecule has 0 saturated carbocycles. The second-order valence-corrected chi connectivity index (χ2v) is 7.08. The Labute approximate surface area is 156 Å². The van der Waals surface area contributed by atoms with Gasteiger partial charge in [0.15, 0.2) is 0 Å². The molecule has 2 aromatic carbocycles. The fourth-order valence-corrected chi connectivity index (χ4v) is 3.61. The van der Waals surface area contributed by atoms with E-state index >= 15 is 0 Å². The molecule has 0 unspecified atom stereocenters. The van der Waals surface area contributed by atoms with Crippen LogP contribution in [-0.2, 0) is 17.9 Å². The van der Waals surface area contributed by atoms with Gasteiger partial charge in [-0.3, -0.25) is 9.69 Å². The first-order chi connectivity index (χ1) is 12.7. The van der Waals surface area contributed by atoms with E-state index in [0.29, 0.717) is 6.54 Å². The summed E-state index contributed by atoms with van der Waals surface area (Å²) in [5.41, 5.74) is 2.44. The van der Waals surface area contributed by atoms with Gasteiger partial charge in [0.25, 0.3) is 0 Å². The van der Waals surface area contributed by atoms with Crippen molar-refractivity contribution in [3.63, 3.8) is 0 Å². The van der Waals surface area contributed by atoms with E-state index in [-0.39, 0.29) is 11.8 Å². The van der Waals surface area contributed by atoms with Crippen molar-refractivity contribution in [2.24, 2.45) is 5.92 Å². The Kier molecular flexibility index (Phi) is 6.29. The van der Waals surface area contributed by atoms with Gasteiger partial charge < -0.3 is 9.64 Å². The highest BCUT2D eigenvalue weighted by Gasteiger charge is 2.27. The molecule has 3 rings (SSSR count). The van der Waals surface area contributed by atoms with Gasteiger partial charge >= 0.3 is 0 Å². The zero-order valence-electron chi connectivity index (χ0n) is 15.7. The Morgan fingerprint density at radius 2 is 1.77 bits per heavy atom. The van der Waals surface area contributed by atoms with Crippen LogP contribution in [0.3, 0.4) is 0 Å². The van der Waals surface area contributed by atoms with Crippen molar-refractivity contribution in [2.45, 2.75) is 25.9 Å². The third-order valence-electron chi connectivity index (χ3n) is 5.12. The van der Waals surface area contributed by atoms with Gasteiger partial charge in [-0.15, -0.1) is 0 Å². The normalized spacial score (nSPS) is 15.6. The molecule has 1 fully saturated rings. The maximum absolute atomic E-state index is 12.7. The lowest BCUT2D eigenvalue weighted by atomic mass is 9.95. The number of carbonyl (C=O) groups excluding carboxylic acids is 1. The number of hydrogen-bond donors (Lipinski definition) is 0. The number of benzene rings is 2. The quantitative estimate of drug-likeness (QED) is 0.797. The van der Waals surface area contributed by atoms with Gasteiger partial charge in [0, 0.05) is 26.1 Å². The zero-order chi connectivity index (χ0) is 18.4. The van der Waals surface area contributed by atoms with Crippen LogP contribution in [0.5, 0.6) is 5.75 Å². The van der Waals surface area contributed by atoms with Crippen molar-refractivity contribution < 1.29 is 9.53 Å². The lowest BCUT2D eigenvalue weighted by molar-refractivity contribution is -0.136. The summed E-state index contributed by atoms with van der Waals surface area (Å²) in [5, 5.41) is 0. The van der Waals surface area contributed by atoms with E-state index in [4.69, 9.17) is 4.74 Å². The SMILES string of the molecule is COc1cccc(CN2CCC(C(=O)N(C)Cc3ccccc3)CC2)c1. The van der Waals surface area contributed by atoms with E-state index in [1.54, 1.807) is 7.11 Å². The number of rotatable bonds is 6. The monoisotopic (exact) mass is 352 g/mol.